The summed E-state index contributed by atoms with van der Waals surface area (Å²) < 4.78 is 29.8. The first kappa shape index (κ1) is 21.0. The van der Waals surface area contributed by atoms with Crippen LogP contribution in [0.2, 0.25) is 0 Å². The van der Waals surface area contributed by atoms with Crippen molar-refractivity contribution in [3.05, 3.63) is 29.3 Å². The SMILES string of the molecule is C1NNNN1.CC(C)OS(=O)(=O)c1cccc(C(C)C)c1C(C)C. The highest BCUT2D eigenvalue weighted by atomic mass is 32.2. The summed E-state index contributed by atoms with van der Waals surface area (Å²) in [6, 6.07) is 5.42. The average molecular weight is 359 g/mol. The zero-order chi connectivity index (χ0) is 18.3. The number of hydrogen-bond acceptors (Lipinski definition) is 7. The predicted molar refractivity (Wildman–Crippen MR) is 95.4 cm³/mol. The van der Waals surface area contributed by atoms with Gasteiger partial charge in [-0.05, 0) is 42.9 Å². The molecule has 0 aromatic heterocycles. The monoisotopic (exact) mass is 358 g/mol. The van der Waals surface area contributed by atoms with Gasteiger partial charge < -0.3 is 0 Å². The molecule has 0 atom stereocenters. The van der Waals surface area contributed by atoms with Crippen LogP contribution < -0.4 is 21.9 Å². The molecular weight excluding hydrogens is 328 g/mol. The Kier molecular flexibility index (Phi) is 8.28. The molecule has 138 valence electrons. The molecule has 24 heavy (non-hydrogen) atoms. The van der Waals surface area contributed by atoms with Crippen LogP contribution in [0.5, 0.6) is 0 Å². The van der Waals surface area contributed by atoms with E-state index in [-0.39, 0.29) is 17.9 Å². The Morgan fingerprint density at radius 3 is 1.92 bits per heavy atom. The van der Waals surface area contributed by atoms with Gasteiger partial charge in [0.1, 0.15) is 0 Å². The van der Waals surface area contributed by atoms with Gasteiger partial charge in [-0.3, -0.25) is 4.18 Å². The van der Waals surface area contributed by atoms with Crippen molar-refractivity contribution in [1.29, 1.82) is 0 Å². The molecule has 0 radical (unpaired) electrons. The minimum Gasteiger partial charge on any atom is -0.264 e. The first-order chi connectivity index (χ1) is 11.2. The van der Waals surface area contributed by atoms with E-state index in [9.17, 15) is 8.42 Å². The Morgan fingerprint density at radius 1 is 0.958 bits per heavy atom. The first-order valence-corrected chi connectivity index (χ1v) is 9.59. The third-order valence-corrected chi connectivity index (χ3v) is 4.84. The zero-order valence-electron chi connectivity index (χ0n) is 15.3. The van der Waals surface area contributed by atoms with E-state index in [0.717, 1.165) is 17.8 Å². The number of rotatable bonds is 5. The molecule has 2 rings (SSSR count). The van der Waals surface area contributed by atoms with Crippen LogP contribution in [0.4, 0.5) is 0 Å². The average Bonchev–Trinajstić information content (AvgIpc) is 3.04. The summed E-state index contributed by atoms with van der Waals surface area (Å²) in [5.74, 6) is 0.422. The van der Waals surface area contributed by atoms with Gasteiger partial charge in [0.05, 0.1) is 17.7 Å². The smallest absolute Gasteiger partial charge is 0.264 e. The second kappa shape index (κ2) is 9.45. The third-order valence-electron chi connectivity index (χ3n) is 3.30. The van der Waals surface area contributed by atoms with Crippen molar-refractivity contribution in [1.82, 2.24) is 21.9 Å². The van der Waals surface area contributed by atoms with Gasteiger partial charge in [-0.2, -0.15) is 19.5 Å². The lowest BCUT2D eigenvalue weighted by Crippen LogP contribution is -2.33. The highest BCUT2D eigenvalue weighted by Crippen LogP contribution is 2.32. The van der Waals surface area contributed by atoms with Gasteiger partial charge in [0.15, 0.2) is 0 Å². The molecule has 0 aliphatic carbocycles. The minimum absolute atomic E-state index is 0.138. The molecule has 4 N–H and O–H groups in total. The fourth-order valence-corrected chi connectivity index (χ4v) is 3.90. The van der Waals surface area contributed by atoms with Crippen LogP contribution in [0.3, 0.4) is 0 Å². The van der Waals surface area contributed by atoms with Gasteiger partial charge in [0, 0.05) is 0 Å². The van der Waals surface area contributed by atoms with Gasteiger partial charge in [0.2, 0.25) is 0 Å². The quantitative estimate of drug-likeness (QED) is 0.599. The van der Waals surface area contributed by atoms with E-state index in [4.69, 9.17) is 4.18 Å². The topological polar surface area (TPSA) is 91.5 Å². The van der Waals surface area contributed by atoms with Gasteiger partial charge in [0.25, 0.3) is 10.1 Å². The molecule has 0 saturated carbocycles. The molecule has 1 fully saturated rings. The molecule has 8 heteroatoms. The van der Waals surface area contributed by atoms with Crippen molar-refractivity contribution in [2.24, 2.45) is 0 Å². The molecule has 0 unspecified atom stereocenters. The summed E-state index contributed by atoms with van der Waals surface area (Å²) in [6.07, 6.45) is -0.354. The molecule has 0 spiro atoms. The molecule has 1 aromatic carbocycles. The second-order valence-electron chi connectivity index (χ2n) is 6.45. The maximum atomic E-state index is 12.3. The van der Waals surface area contributed by atoms with Gasteiger partial charge in [-0.15, -0.1) is 0 Å². The second-order valence-corrected chi connectivity index (χ2v) is 7.99. The molecule has 1 aliphatic heterocycles. The summed E-state index contributed by atoms with van der Waals surface area (Å²) in [5, 5.41) is 0. The number of hydrazine groups is 3. The molecule has 7 nitrogen and oxygen atoms in total. The standard InChI is InChI=1S/C15H24O3S.CH6N4/c1-10(2)13-8-7-9-14(15(13)11(3)4)19(16,17)18-12(5)6;1-2-4-5-3-1/h7-12H,1-6H3;2-5H,1H2. The number of hydrogen-bond donors (Lipinski definition) is 4. The lowest BCUT2D eigenvalue weighted by Gasteiger charge is -2.20. The highest BCUT2D eigenvalue weighted by molar-refractivity contribution is 7.86. The molecular formula is C16H30N4O3S. The van der Waals surface area contributed by atoms with Crippen LogP contribution >= 0.6 is 0 Å². The van der Waals surface area contributed by atoms with Gasteiger partial charge >= 0.3 is 0 Å². The molecule has 1 aliphatic rings. The first-order valence-electron chi connectivity index (χ1n) is 8.18. The highest BCUT2D eigenvalue weighted by Gasteiger charge is 2.25. The summed E-state index contributed by atoms with van der Waals surface area (Å²) in [6.45, 7) is 12.4. The van der Waals surface area contributed by atoms with Crippen molar-refractivity contribution in [2.45, 2.75) is 64.4 Å². The number of nitrogens with one attached hydrogen (secondary N) is 4. The summed E-state index contributed by atoms with van der Waals surface area (Å²) >= 11 is 0. The van der Waals surface area contributed by atoms with Crippen molar-refractivity contribution in [3.8, 4) is 0 Å². The third kappa shape index (κ3) is 6.12. The van der Waals surface area contributed by atoms with Crippen LogP contribution in [-0.4, -0.2) is 21.2 Å². The lowest BCUT2D eigenvalue weighted by atomic mass is 9.91. The lowest BCUT2D eigenvalue weighted by molar-refractivity contribution is 0.248. The molecule has 0 amide bonds. The Morgan fingerprint density at radius 2 is 1.54 bits per heavy atom. The fourth-order valence-electron chi connectivity index (χ4n) is 2.43. The Balaban J connectivity index is 0.000000488. The van der Waals surface area contributed by atoms with Crippen molar-refractivity contribution in [2.75, 3.05) is 6.67 Å². The van der Waals surface area contributed by atoms with Crippen LogP contribution in [0.15, 0.2) is 23.1 Å². The summed E-state index contributed by atoms with van der Waals surface area (Å²) in [7, 11) is -3.69. The molecule has 0 bridgehead atoms. The van der Waals surface area contributed by atoms with Gasteiger partial charge in [-0.1, -0.05) is 39.8 Å². The van der Waals surface area contributed by atoms with E-state index in [1.54, 1.807) is 26.0 Å². The van der Waals surface area contributed by atoms with E-state index in [2.05, 4.69) is 35.8 Å². The van der Waals surface area contributed by atoms with Crippen LogP contribution in [0, 0.1) is 0 Å². The van der Waals surface area contributed by atoms with Gasteiger partial charge in [-0.25, -0.2) is 10.9 Å². The molecule has 1 aromatic rings. The minimum atomic E-state index is -3.69. The predicted octanol–water partition coefficient (Wildman–Crippen LogP) is 2.11. The van der Waals surface area contributed by atoms with Crippen LogP contribution in [-0.2, 0) is 14.3 Å². The Labute approximate surface area is 145 Å². The van der Waals surface area contributed by atoms with Crippen molar-refractivity contribution >= 4 is 10.1 Å². The Bertz CT molecular complexity index is 604. The summed E-state index contributed by atoms with van der Waals surface area (Å²) in [4.78, 5) is 0.308. The van der Waals surface area contributed by atoms with E-state index in [1.165, 1.54) is 0 Å². The van der Waals surface area contributed by atoms with E-state index >= 15 is 0 Å². The Hall–Kier alpha value is -1.03. The van der Waals surface area contributed by atoms with E-state index in [0.29, 0.717) is 4.90 Å². The van der Waals surface area contributed by atoms with E-state index < -0.39 is 10.1 Å². The van der Waals surface area contributed by atoms with E-state index in [1.807, 2.05) is 19.9 Å². The van der Waals surface area contributed by atoms with Crippen LogP contribution in [0.1, 0.15) is 64.5 Å². The zero-order valence-corrected chi connectivity index (χ0v) is 16.1. The van der Waals surface area contributed by atoms with Crippen molar-refractivity contribution < 1.29 is 12.6 Å². The normalized spacial score (nSPS) is 15.0. The largest absolute Gasteiger partial charge is 0.297 e. The maximum absolute atomic E-state index is 12.3. The van der Waals surface area contributed by atoms with Crippen molar-refractivity contribution in [3.63, 3.8) is 0 Å². The summed E-state index contributed by atoms with van der Waals surface area (Å²) in [5.41, 5.74) is 12.7. The molecule has 1 saturated heterocycles. The molecule has 1 heterocycles. The maximum Gasteiger partial charge on any atom is 0.297 e. The number of benzene rings is 1. The fraction of sp³-hybridized carbons (Fsp3) is 0.625. The van der Waals surface area contributed by atoms with Crippen LogP contribution in [0.25, 0.3) is 0 Å².